The van der Waals surface area contributed by atoms with E-state index in [1.165, 1.54) is 0 Å². The van der Waals surface area contributed by atoms with Crippen LogP contribution in [0.1, 0.15) is 30.9 Å². The van der Waals surface area contributed by atoms with Crippen LogP contribution in [0.3, 0.4) is 0 Å². The van der Waals surface area contributed by atoms with Gasteiger partial charge in [0.05, 0.1) is 0 Å². The van der Waals surface area contributed by atoms with Gasteiger partial charge in [-0.25, -0.2) is 0 Å². The molecule has 0 saturated heterocycles. The van der Waals surface area contributed by atoms with Gasteiger partial charge in [-0.05, 0) is 18.1 Å². The monoisotopic (exact) mass is 264 g/mol. The van der Waals surface area contributed by atoms with Gasteiger partial charge in [0.2, 0.25) is 0 Å². The Morgan fingerprint density at radius 1 is 1.00 bits per heavy atom. The van der Waals surface area contributed by atoms with Gasteiger partial charge < -0.3 is 4.74 Å². The van der Waals surface area contributed by atoms with E-state index in [-0.39, 0.29) is 0 Å². The molecule has 102 valence electrons. The lowest BCUT2D eigenvalue weighted by atomic mass is 10.1. The molecular formula is C19H20O. The van der Waals surface area contributed by atoms with Crippen molar-refractivity contribution in [3.8, 4) is 0 Å². The van der Waals surface area contributed by atoms with E-state index in [4.69, 9.17) is 4.74 Å². The average molecular weight is 264 g/mol. The zero-order valence-corrected chi connectivity index (χ0v) is 11.9. The second-order valence-electron chi connectivity index (χ2n) is 4.66. The molecule has 1 heteroatoms. The minimum atomic E-state index is 0.696. The van der Waals surface area contributed by atoms with Crippen LogP contribution < -0.4 is 0 Å². The molecule has 0 N–H and O–H groups in total. The smallest absolute Gasteiger partial charge is 0.126 e. The lowest BCUT2D eigenvalue weighted by Gasteiger charge is -2.12. The third-order valence-electron chi connectivity index (χ3n) is 2.97. The summed E-state index contributed by atoms with van der Waals surface area (Å²) >= 11 is 0. The molecule has 0 fully saturated rings. The molecule has 0 aliphatic rings. The Kier molecular flexibility index (Phi) is 5.19. The first-order chi connectivity index (χ1) is 9.79. The lowest BCUT2D eigenvalue weighted by Crippen LogP contribution is -1.92. The van der Waals surface area contributed by atoms with E-state index in [1.54, 1.807) is 0 Å². The number of ether oxygens (including phenoxy) is 1. The minimum absolute atomic E-state index is 0.696. The molecular weight excluding hydrogens is 244 g/mol. The molecule has 0 amide bonds. The Morgan fingerprint density at radius 2 is 1.60 bits per heavy atom. The molecule has 0 aliphatic heterocycles. The van der Waals surface area contributed by atoms with Gasteiger partial charge in [0.25, 0.3) is 0 Å². The van der Waals surface area contributed by atoms with E-state index >= 15 is 0 Å². The summed E-state index contributed by atoms with van der Waals surface area (Å²) in [4.78, 5) is 0. The molecule has 0 spiro atoms. The minimum Gasteiger partial charge on any atom is -0.462 e. The van der Waals surface area contributed by atoms with Crippen molar-refractivity contribution in [3.05, 3.63) is 84.1 Å². The van der Waals surface area contributed by atoms with E-state index in [9.17, 15) is 0 Å². The standard InChI is InChI=1S/C19H20O/c1-3-10-19(15-17-11-6-4-7-12-17)20-16(2)18-13-8-5-9-14-18/h4-9,11-15H,2-3,10H2,1H3/b19-15-. The summed E-state index contributed by atoms with van der Waals surface area (Å²) in [5, 5.41) is 0. The van der Waals surface area contributed by atoms with Crippen LogP contribution in [0.4, 0.5) is 0 Å². The predicted octanol–water partition coefficient (Wildman–Crippen LogP) is 5.52. The summed E-state index contributed by atoms with van der Waals surface area (Å²) < 4.78 is 5.95. The van der Waals surface area contributed by atoms with E-state index in [0.717, 1.165) is 29.7 Å². The van der Waals surface area contributed by atoms with Crippen molar-refractivity contribution in [3.63, 3.8) is 0 Å². The largest absolute Gasteiger partial charge is 0.462 e. The van der Waals surface area contributed by atoms with Gasteiger partial charge in [0.15, 0.2) is 0 Å². The van der Waals surface area contributed by atoms with E-state index in [2.05, 4.69) is 31.7 Å². The molecule has 1 nitrogen and oxygen atoms in total. The van der Waals surface area contributed by atoms with Crippen molar-refractivity contribution in [1.29, 1.82) is 0 Å². The summed E-state index contributed by atoms with van der Waals surface area (Å²) in [7, 11) is 0. The number of rotatable bonds is 6. The van der Waals surface area contributed by atoms with Gasteiger partial charge in [0, 0.05) is 12.0 Å². The lowest BCUT2D eigenvalue weighted by molar-refractivity contribution is 0.367. The summed E-state index contributed by atoms with van der Waals surface area (Å²) in [5.41, 5.74) is 2.17. The molecule has 0 saturated carbocycles. The summed E-state index contributed by atoms with van der Waals surface area (Å²) in [6.07, 6.45) is 4.03. The second kappa shape index (κ2) is 7.34. The fourth-order valence-electron chi connectivity index (χ4n) is 1.98. The molecule has 0 bridgehead atoms. The third kappa shape index (κ3) is 4.13. The Bertz CT molecular complexity index is 567. The van der Waals surface area contributed by atoms with Gasteiger partial charge in [-0.3, -0.25) is 0 Å². The maximum atomic E-state index is 5.95. The zero-order valence-electron chi connectivity index (χ0n) is 11.9. The normalized spacial score (nSPS) is 11.2. The fraction of sp³-hybridized carbons (Fsp3) is 0.158. The van der Waals surface area contributed by atoms with Crippen molar-refractivity contribution in [2.75, 3.05) is 0 Å². The van der Waals surface area contributed by atoms with Crippen LogP contribution in [0.15, 0.2) is 73.0 Å². The van der Waals surface area contributed by atoms with Crippen molar-refractivity contribution in [1.82, 2.24) is 0 Å². The number of hydrogen-bond acceptors (Lipinski definition) is 1. The van der Waals surface area contributed by atoms with Gasteiger partial charge in [-0.2, -0.15) is 0 Å². The molecule has 2 aromatic carbocycles. The van der Waals surface area contributed by atoms with Crippen molar-refractivity contribution in [2.45, 2.75) is 19.8 Å². The zero-order chi connectivity index (χ0) is 14.2. The Balaban J connectivity index is 2.14. The third-order valence-corrected chi connectivity index (χ3v) is 2.97. The van der Waals surface area contributed by atoms with E-state index in [0.29, 0.717) is 5.76 Å². The maximum absolute atomic E-state index is 5.95. The fourth-order valence-corrected chi connectivity index (χ4v) is 1.98. The Hall–Kier alpha value is -2.28. The molecule has 0 atom stereocenters. The first-order valence-electron chi connectivity index (χ1n) is 6.97. The maximum Gasteiger partial charge on any atom is 0.126 e. The summed E-state index contributed by atoms with van der Waals surface area (Å²) in [6, 6.07) is 20.2. The molecule has 0 heterocycles. The Labute approximate surface area is 121 Å². The molecule has 0 unspecified atom stereocenters. The molecule has 20 heavy (non-hydrogen) atoms. The first-order valence-corrected chi connectivity index (χ1v) is 6.97. The van der Waals surface area contributed by atoms with E-state index < -0.39 is 0 Å². The van der Waals surface area contributed by atoms with Gasteiger partial charge in [0.1, 0.15) is 11.5 Å². The predicted molar refractivity (Wildman–Crippen MR) is 85.9 cm³/mol. The molecule has 0 radical (unpaired) electrons. The highest BCUT2D eigenvalue weighted by Gasteiger charge is 2.04. The number of benzene rings is 2. The summed E-state index contributed by atoms with van der Waals surface area (Å²) in [5.74, 6) is 1.65. The number of hydrogen-bond donors (Lipinski definition) is 0. The number of allylic oxidation sites excluding steroid dienone is 1. The van der Waals surface area contributed by atoms with Crippen molar-refractivity contribution >= 4 is 11.8 Å². The van der Waals surface area contributed by atoms with Crippen molar-refractivity contribution < 1.29 is 4.74 Å². The first kappa shape index (κ1) is 14.1. The Morgan fingerprint density at radius 3 is 2.20 bits per heavy atom. The van der Waals surface area contributed by atoms with Crippen LogP contribution in [-0.4, -0.2) is 0 Å². The van der Waals surface area contributed by atoms with Crippen molar-refractivity contribution in [2.24, 2.45) is 0 Å². The summed E-state index contributed by atoms with van der Waals surface area (Å²) in [6.45, 7) is 6.17. The van der Waals surface area contributed by atoms with E-state index in [1.807, 2.05) is 48.5 Å². The topological polar surface area (TPSA) is 9.23 Å². The molecule has 0 aromatic heterocycles. The highest BCUT2D eigenvalue weighted by atomic mass is 16.5. The van der Waals surface area contributed by atoms with Gasteiger partial charge in [-0.1, -0.05) is 74.2 Å². The van der Waals surface area contributed by atoms with Gasteiger partial charge >= 0.3 is 0 Å². The van der Waals surface area contributed by atoms with Crippen LogP contribution in [-0.2, 0) is 4.74 Å². The average Bonchev–Trinajstić information content (AvgIpc) is 2.49. The highest BCUT2D eigenvalue weighted by Crippen LogP contribution is 2.21. The highest BCUT2D eigenvalue weighted by molar-refractivity contribution is 5.60. The van der Waals surface area contributed by atoms with Crippen LogP contribution >= 0.6 is 0 Å². The van der Waals surface area contributed by atoms with Gasteiger partial charge in [-0.15, -0.1) is 0 Å². The SMILES string of the molecule is C=C(O/C(=C\c1ccccc1)CCC)c1ccccc1. The van der Waals surface area contributed by atoms with Crippen LogP contribution in [0.2, 0.25) is 0 Å². The van der Waals surface area contributed by atoms with Crippen LogP contribution in [0, 0.1) is 0 Å². The molecule has 0 aliphatic carbocycles. The molecule has 2 rings (SSSR count). The van der Waals surface area contributed by atoms with Crippen LogP contribution in [0.5, 0.6) is 0 Å². The quantitative estimate of drug-likeness (QED) is 0.625. The van der Waals surface area contributed by atoms with Crippen LogP contribution in [0.25, 0.3) is 11.8 Å². The molecule has 2 aromatic rings. The second-order valence-corrected chi connectivity index (χ2v) is 4.66.